The van der Waals surface area contributed by atoms with E-state index in [1.165, 1.54) is 25.1 Å². The highest BCUT2D eigenvalue weighted by molar-refractivity contribution is 6.16. The topological polar surface area (TPSA) is 108 Å². The molecular formula is C30H35FN4O6. The minimum Gasteiger partial charge on any atom is -0.497 e. The molecular weight excluding hydrogens is 531 g/mol. The second-order valence-corrected chi connectivity index (χ2v) is 10.9. The number of hydrogen-bond acceptors (Lipinski definition) is 6. The molecule has 41 heavy (non-hydrogen) atoms. The molecule has 2 aromatic rings. The van der Waals surface area contributed by atoms with E-state index in [0.29, 0.717) is 17.4 Å². The molecule has 10 nitrogen and oxygen atoms in total. The van der Waals surface area contributed by atoms with E-state index in [1.54, 1.807) is 55.3 Å². The van der Waals surface area contributed by atoms with Gasteiger partial charge in [0.2, 0.25) is 5.91 Å². The Bertz CT molecular complexity index is 1350. The lowest BCUT2D eigenvalue weighted by molar-refractivity contribution is -0.141. The summed E-state index contributed by atoms with van der Waals surface area (Å²) in [5, 5.41) is 2.69. The third-order valence-electron chi connectivity index (χ3n) is 8.52. The number of likely N-dealkylation sites (tertiary alicyclic amines) is 1. The van der Waals surface area contributed by atoms with Gasteiger partial charge in [-0.25, -0.2) is 9.18 Å². The van der Waals surface area contributed by atoms with Gasteiger partial charge in [0.05, 0.1) is 18.8 Å². The molecule has 2 heterocycles. The highest BCUT2D eigenvalue weighted by Crippen LogP contribution is 2.41. The third kappa shape index (κ3) is 5.14. The summed E-state index contributed by atoms with van der Waals surface area (Å²) >= 11 is 0. The molecule has 11 heteroatoms. The van der Waals surface area contributed by atoms with Crippen LogP contribution in [0.5, 0.6) is 5.75 Å². The fourth-order valence-corrected chi connectivity index (χ4v) is 5.77. The molecule has 3 aliphatic rings. The number of nitrogens with zero attached hydrogens (tertiary/aromatic N) is 3. The fraction of sp³-hybridized carbons (Fsp3) is 0.467. The lowest BCUT2D eigenvalue weighted by atomic mass is 9.85. The monoisotopic (exact) mass is 566 g/mol. The number of anilines is 1. The molecule has 0 aromatic heterocycles. The van der Waals surface area contributed by atoms with E-state index in [2.05, 4.69) is 5.32 Å². The van der Waals surface area contributed by atoms with Gasteiger partial charge in [-0.2, -0.15) is 0 Å². The molecule has 3 fully saturated rings. The summed E-state index contributed by atoms with van der Waals surface area (Å²) in [5.74, 6) is -1.12. The first-order valence-electron chi connectivity index (χ1n) is 13.8. The Morgan fingerprint density at radius 1 is 1.05 bits per heavy atom. The van der Waals surface area contributed by atoms with Crippen molar-refractivity contribution in [3.05, 3.63) is 59.4 Å². The Morgan fingerprint density at radius 3 is 2.29 bits per heavy atom. The van der Waals surface area contributed by atoms with Crippen LogP contribution in [0, 0.1) is 5.82 Å². The molecule has 1 saturated carbocycles. The highest BCUT2D eigenvalue weighted by Gasteiger charge is 2.58. The van der Waals surface area contributed by atoms with Crippen molar-refractivity contribution >= 4 is 29.4 Å². The first kappa shape index (κ1) is 28.5. The number of halogens is 1. The van der Waals surface area contributed by atoms with Gasteiger partial charge < -0.3 is 19.7 Å². The number of carbonyl (C=O) groups excluding carboxylic acids is 4. The molecule has 2 saturated heterocycles. The van der Waals surface area contributed by atoms with Crippen LogP contribution in [-0.2, 0) is 14.3 Å². The number of nitrogens with one attached hydrogen (secondary N) is 1. The molecule has 5 rings (SSSR count). The first-order chi connectivity index (χ1) is 19.6. The number of urea groups is 1. The van der Waals surface area contributed by atoms with E-state index < -0.39 is 41.3 Å². The fourth-order valence-electron chi connectivity index (χ4n) is 5.77. The van der Waals surface area contributed by atoms with Crippen LogP contribution in [0.2, 0.25) is 0 Å². The van der Waals surface area contributed by atoms with Crippen molar-refractivity contribution in [3.8, 4) is 5.75 Å². The van der Waals surface area contributed by atoms with Gasteiger partial charge in [-0.3, -0.25) is 24.2 Å². The quantitative estimate of drug-likeness (QED) is 0.492. The molecule has 2 aromatic carbocycles. The summed E-state index contributed by atoms with van der Waals surface area (Å²) in [4.78, 5) is 57.6. The SMILES string of the molecule is COc1ccc(N2C(=O)N(C)C(=O)C23CCN(C(=O)C(NC(=O)c2cc(C4CC4)ccc2F)[C@H](C)OC)CC3)cc1. The van der Waals surface area contributed by atoms with Gasteiger partial charge in [0, 0.05) is 32.9 Å². The predicted molar refractivity (Wildman–Crippen MR) is 148 cm³/mol. The van der Waals surface area contributed by atoms with E-state index in [0.717, 1.165) is 23.3 Å². The molecule has 2 atom stereocenters. The smallest absolute Gasteiger partial charge is 0.331 e. The first-order valence-corrected chi connectivity index (χ1v) is 13.8. The predicted octanol–water partition coefficient (Wildman–Crippen LogP) is 3.30. The van der Waals surface area contributed by atoms with Gasteiger partial charge >= 0.3 is 6.03 Å². The average molecular weight is 567 g/mol. The third-order valence-corrected chi connectivity index (χ3v) is 8.52. The Morgan fingerprint density at radius 2 is 1.71 bits per heavy atom. The van der Waals surface area contributed by atoms with Crippen LogP contribution < -0.4 is 15.0 Å². The van der Waals surface area contributed by atoms with Gasteiger partial charge in [-0.15, -0.1) is 0 Å². The standard InChI is InChI=1S/C30H35FN4O6/c1-18(40-3)25(32-26(36)23-17-20(19-5-6-19)7-12-24(23)31)27(37)34-15-13-30(14-16-34)28(38)33(2)29(39)35(30)21-8-10-22(41-4)11-9-21/h7-12,17-19,25H,5-6,13-16H2,1-4H3,(H,32,36)/t18-,25?/m0/s1. The molecule has 0 radical (unpaired) electrons. The second kappa shape index (κ2) is 11.1. The van der Waals surface area contributed by atoms with Gasteiger partial charge in [0.1, 0.15) is 23.1 Å². The maximum Gasteiger partial charge on any atom is 0.331 e. The zero-order valence-corrected chi connectivity index (χ0v) is 23.7. The number of hydrogen-bond donors (Lipinski definition) is 1. The molecule has 1 aliphatic carbocycles. The summed E-state index contributed by atoms with van der Waals surface area (Å²) < 4.78 is 25.3. The molecule has 0 bridgehead atoms. The Kier molecular flexibility index (Phi) is 7.74. The van der Waals surface area contributed by atoms with E-state index in [4.69, 9.17) is 9.47 Å². The summed E-state index contributed by atoms with van der Waals surface area (Å²) in [6.45, 7) is 2.00. The maximum atomic E-state index is 14.6. The lowest BCUT2D eigenvalue weighted by Crippen LogP contribution is -2.61. The van der Waals surface area contributed by atoms with Crippen LogP contribution in [0.25, 0.3) is 0 Å². The zero-order valence-electron chi connectivity index (χ0n) is 23.7. The van der Waals surface area contributed by atoms with Crippen molar-refractivity contribution in [2.75, 3.05) is 39.3 Å². The number of likely N-dealkylation sites (N-methyl/N-ethyl adjacent to an activating group) is 1. The van der Waals surface area contributed by atoms with Crippen LogP contribution >= 0.6 is 0 Å². The van der Waals surface area contributed by atoms with Crippen LogP contribution in [-0.4, -0.2) is 85.6 Å². The van der Waals surface area contributed by atoms with Crippen LogP contribution in [0.4, 0.5) is 14.9 Å². The van der Waals surface area contributed by atoms with Gasteiger partial charge in [0.25, 0.3) is 11.8 Å². The van der Waals surface area contributed by atoms with Crippen LogP contribution in [0.15, 0.2) is 42.5 Å². The van der Waals surface area contributed by atoms with E-state index in [-0.39, 0.29) is 37.4 Å². The molecule has 5 amide bonds. The van der Waals surface area contributed by atoms with E-state index in [1.807, 2.05) is 0 Å². The minimum absolute atomic E-state index is 0.110. The number of imide groups is 1. The van der Waals surface area contributed by atoms with Crippen molar-refractivity contribution in [2.24, 2.45) is 0 Å². The van der Waals surface area contributed by atoms with Crippen LogP contribution in [0.3, 0.4) is 0 Å². The van der Waals surface area contributed by atoms with Crippen LogP contribution in [0.1, 0.15) is 54.4 Å². The highest BCUT2D eigenvalue weighted by atomic mass is 19.1. The number of methoxy groups -OCH3 is 2. The van der Waals surface area contributed by atoms with Crippen molar-refractivity contribution in [3.63, 3.8) is 0 Å². The minimum atomic E-state index is -1.14. The number of piperidine rings is 1. The van der Waals surface area contributed by atoms with Gasteiger partial charge in [0.15, 0.2) is 0 Å². The van der Waals surface area contributed by atoms with E-state index in [9.17, 15) is 23.6 Å². The molecule has 2 aliphatic heterocycles. The van der Waals surface area contributed by atoms with Gasteiger partial charge in [-0.05, 0) is 80.5 Å². The van der Waals surface area contributed by atoms with Crippen molar-refractivity contribution in [1.82, 2.24) is 15.1 Å². The zero-order chi connectivity index (χ0) is 29.5. The van der Waals surface area contributed by atoms with Crippen molar-refractivity contribution in [2.45, 2.75) is 56.2 Å². The van der Waals surface area contributed by atoms with Gasteiger partial charge in [-0.1, -0.05) is 6.07 Å². The molecule has 1 unspecified atom stereocenters. The normalized spacial score (nSPS) is 19.9. The van der Waals surface area contributed by atoms with Crippen molar-refractivity contribution in [1.29, 1.82) is 0 Å². The average Bonchev–Trinajstić information content (AvgIpc) is 3.82. The second-order valence-electron chi connectivity index (χ2n) is 10.9. The number of rotatable bonds is 8. The lowest BCUT2D eigenvalue weighted by Gasteiger charge is -2.43. The number of amides is 5. The number of benzene rings is 2. The summed E-state index contributed by atoms with van der Waals surface area (Å²) in [5.41, 5.74) is 0.209. The Labute approximate surface area is 238 Å². The number of ether oxygens (including phenoxy) is 2. The maximum absolute atomic E-state index is 14.6. The van der Waals surface area contributed by atoms with Crippen molar-refractivity contribution < 1.29 is 33.0 Å². The molecule has 1 spiro atoms. The number of carbonyl (C=O) groups is 4. The molecule has 218 valence electrons. The van der Waals surface area contributed by atoms with E-state index >= 15 is 0 Å². The summed E-state index contributed by atoms with van der Waals surface area (Å²) in [6.07, 6.45) is 1.73. The summed E-state index contributed by atoms with van der Waals surface area (Å²) in [6, 6.07) is 9.92. The Balaban J connectivity index is 1.34. The summed E-state index contributed by atoms with van der Waals surface area (Å²) in [7, 11) is 4.43. The largest absolute Gasteiger partial charge is 0.497 e. The molecule has 1 N–H and O–H groups in total. The Hall–Kier alpha value is -3.99.